The van der Waals surface area contributed by atoms with E-state index >= 15 is 0 Å². The number of carbonyl (C=O) groups is 1. The standard InChI is InChI=1S/C15H22O/c1-11(2)9-15(16)10-13-5-7-14(8-6-13)12(3)4/h5-8,11-12H,9-10H2,1-4H3. The van der Waals surface area contributed by atoms with Gasteiger partial charge in [-0.2, -0.15) is 0 Å². The number of hydrogen-bond acceptors (Lipinski definition) is 1. The van der Waals surface area contributed by atoms with Crippen molar-refractivity contribution in [3.05, 3.63) is 35.4 Å². The van der Waals surface area contributed by atoms with Crippen molar-refractivity contribution in [2.75, 3.05) is 0 Å². The van der Waals surface area contributed by atoms with Gasteiger partial charge in [0.2, 0.25) is 0 Å². The first-order valence-corrected chi connectivity index (χ1v) is 6.09. The highest BCUT2D eigenvalue weighted by molar-refractivity contribution is 5.81. The maximum absolute atomic E-state index is 11.6. The average molecular weight is 218 g/mol. The average Bonchev–Trinajstić information content (AvgIpc) is 2.16. The molecule has 0 aliphatic carbocycles. The molecule has 0 saturated heterocycles. The van der Waals surface area contributed by atoms with Gasteiger partial charge in [-0.25, -0.2) is 0 Å². The molecular formula is C15H22O. The second-order valence-corrected chi connectivity index (χ2v) is 5.21. The summed E-state index contributed by atoms with van der Waals surface area (Å²) in [6, 6.07) is 8.41. The van der Waals surface area contributed by atoms with Crippen molar-refractivity contribution >= 4 is 5.78 Å². The molecule has 1 rings (SSSR count). The molecule has 0 saturated carbocycles. The summed E-state index contributed by atoms with van der Waals surface area (Å²) in [5.41, 5.74) is 2.47. The van der Waals surface area contributed by atoms with Crippen LogP contribution in [0.5, 0.6) is 0 Å². The van der Waals surface area contributed by atoms with Gasteiger partial charge in [-0.3, -0.25) is 4.79 Å². The highest BCUT2D eigenvalue weighted by Crippen LogP contribution is 2.15. The molecule has 16 heavy (non-hydrogen) atoms. The van der Waals surface area contributed by atoms with Crippen molar-refractivity contribution in [3.8, 4) is 0 Å². The number of Topliss-reactive ketones (excluding diaryl/α,β-unsaturated/α-hetero) is 1. The van der Waals surface area contributed by atoms with Crippen molar-refractivity contribution in [2.45, 2.75) is 46.5 Å². The van der Waals surface area contributed by atoms with Crippen LogP contribution in [0.2, 0.25) is 0 Å². The molecule has 88 valence electrons. The van der Waals surface area contributed by atoms with E-state index in [-0.39, 0.29) is 0 Å². The molecule has 0 spiro atoms. The molecule has 0 amide bonds. The number of hydrogen-bond donors (Lipinski definition) is 0. The van der Waals surface area contributed by atoms with Gasteiger partial charge in [-0.1, -0.05) is 52.0 Å². The zero-order valence-electron chi connectivity index (χ0n) is 10.8. The highest BCUT2D eigenvalue weighted by atomic mass is 16.1. The number of carbonyl (C=O) groups excluding carboxylic acids is 1. The Morgan fingerprint density at radius 2 is 1.62 bits per heavy atom. The molecule has 0 fully saturated rings. The van der Waals surface area contributed by atoms with Gasteiger partial charge in [0.05, 0.1) is 0 Å². The lowest BCUT2D eigenvalue weighted by Crippen LogP contribution is -2.06. The molecule has 0 radical (unpaired) electrons. The molecule has 1 nitrogen and oxygen atoms in total. The van der Waals surface area contributed by atoms with E-state index in [2.05, 4.69) is 52.0 Å². The summed E-state index contributed by atoms with van der Waals surface area (Å²) in [5.74, 6) is 1.36. The Morgan fingerprint density at radius 1 is 1.06 bits per heavy atom. The van der Waals surface area contributed by atoms with E-state index in [1.165, 1.54) is 5.56 Å². The Morgan fingerprint density at radius 3 is 2.06 bits per heavy atom. The topological polar surface area (TPSA) is 17.1 Å². The molecule has 0 bridgehead atoms. The second kappa shape index (κ2) is 5.83. The summed E-state index contributed by atoms with van der Waals surface area (Å²) in [5, 5.41) is 0. The quantitative estimate of drug-likeness (QED) is 0.731. The van der Waals surface area contributed by atoms with Crippen LogP contribution in [0.15, 0.2) is 24.3 Å². The van der Waals surface area contributed by atoms with Crippen LogP contribution in [0.25, 0.3) is 0 Å². The molecule has 1 aromatic rings. The molecule has 0 aromatic heterocycles. The first kappa shape index (κ1) is 13.0. The van der Waals surface area contributed by atoms with Crippen molar-refractivity contribution in [2.24, 2.45) is 5.92 Å². The number of benzene rings is 1. The fraction of sp³-hybridized carbons (Fsp3) is 0.533. The predicted molar refractivity (Wildman–Crippen MR) is 68.7 cm³/mol. The van der Waals surface area contributed by atoms with Crippen LogP contribution in [0.1, 0.15) is 51.2 Å². The smallest absolute Gasteiger partial charge is 0.137 e. The Hall–Kier alpha value is -1.11. The van der Waals surface area contributed by atoms with Crippen molar-refractivity contribution < 1.29 is 4.79 Å². The number of rotatable bonds is 5. The van der Waals surface area contributed by atoms with Gasteiger partial charge in [0.25, 0.3) is 0 Å². The molecular weight excluding hydrogens is 196 g/mol. The van der Waals surface area contributed by atoms with E-state index in [9.17, 15) is 4.79 Å². The van der Waals surface area contributed by atoms with Crippen LogP contribution < -0.4 is 0 Å². The summed E-state index contributed by atoms with van der Waals surface area (Å²) >= 11 is 0. The van der Waals surface area contributed by atoms with Crippen LogP contribution in [0.3, 0.4) is 0 Å². The zero-order chi connectivity index (χ0) is 12.1. The second-order valence-electron chi connectivity index (χ2n) is 5.21. The van der Waals surface area contributed by atoms with Gasteiger partial charge in [0.15, 0.2) is 0 Å². The highest BCUT2D eigenvalue weighted by Gasteiger charge is 2.06. The van der Waals surface area contributed by atoms with Crippen LogP contribution in [-0.2, 0) is 11.2 Å². The van der Waals surface area contributed by atoms with E-state index in [1.807, 2.05) is 0 Å². The third-order valence-electron chi connectivity index (χ3n) is 2.68. The summed E-state index contributed by atoms with van der Waals surface area (Å²) in [6.45, 7) is 8.53. The fourth-order valence-corrected chi connectivity index (χ4v) is 1.78. The summed E-state index contributed by atoms with van der Waals surface area (Å²) in [7, 11) is 0. The molecule has 0 aliphatic heterocycles. The van der Waals surface area contributed by atoms with Crippen LogP contribution in [0.4, 0.5) is 0 Å². The number of ketones is 1. The normalized spacial score (nSPS) is 11.1. The summed E-state index contributed by atoms with van der Waals surface area (Å²) < 4.78 is 0. The third kappa shape index (κ3) is 4.18. The Balaban J connectivity index is 2.58. The van der Waals surface area contributed by atoms with Crippen molar-refractivity contribution in [1.29, 1.82) is 0 Å². The zero-order valence-corrected chi connectivity index (χ0v) is 10.8. The Bertz CT molecular complexity index is 333. The predicted octanol–water partition coefficient (Wildman–Crippen LogP) is 3.97. The molecule has 0 N–H and O–H groups in total. The van der Waals surface area contributed by atoms with Gasteiger partial charge >= 0.3 is 0 Å². The summed E-state index contributed by atoms with van der Waals surface area (Å²) in [6.07, 6.45) is 1.27. The van der Waals surface area contributed by atoms with Gasteiger partial charge < -0.3 is 0 Å². The van der Waals surface area contributed by atoms with E-state index < -0.39 is 0 Å². The van der Waals surface area contributed by atoms with Crippen molar-refractivity contribution in [1.82, 2.24) is 0 Å². The SMILES string of the molecule is CC(C)CC(=O)Cc1ccc(C(C)C)cc1. The van der Waals surface area contributed by atoms with Gasteiger partial charge in [-0.15, -0.1) is 0 Å². The monoisotopic (exact) mass is 218 g/mol. The molecule has 0 unspecified atom stereocenters. The maximum atomic E-state index is 11.6. The first-order chi connectivity index (χ1) is 7.49. The van der Waals surface area contributed by atoms with Crippen LogP contribution in [0, 0.1) is 5.92 Å². The fourth-order valence-electron chi connectivity index (χ4n) is 1.78. The lowest BCUT2D eigenvalue weighted by atomic mass is 9.98. The molecule has 0 aliphatic rings. The van der Waals surface area contributed by atoms with Gasteiger partial charge in [0, 0.05) is 12.8 Å². The Labute approximate surface area is 98.9 Å². The molecule has 0 atom stereocenters. The van der Waals surface area contributed by atoms with Crippen molar-refractivity contribution in [3.63, 3.8) is 0 Å². The lowest BCUT2D eigenvalue weighted by Gasteiger charge is -2.07. The minimum Gasteiger partial charge on any atom is -0.299 e. The van der Waals surface area contributed by atoms with Gasteiger partial charge in [0.1, 0.15) is 5.78 Å². The lowest BCUT2D eigenvalue weighted by molar-refractivity contribution is -0.119. The summed E-state index contributed by atoms with van der Waals surface area (Å²) in [4.78, 5) is 11.6. The van der Waals surface area contributed by atoms with E-state index in [0.29, 0.717) is 30.5 Å². The first-order valence-electron chi connectivity index (χ1n) is 6.09. The Kier molecular flexibility index (Phi) is 4.72. The van der Waals surface area contributed by atoms with E-state index in [4.69, 9.17) is 0 Å². The largest absolute Gasteiger partial charge is 0.299 e. The maximum Gasteiger partial charge on any atom is 0.137 e. The van der Waals surface area contributed by atoms with Crippen LogP contribution in [-0.4, -0.2) is 5.78 Å². The molecule has 1 aromatic carbocycles. The van der Waals surface area contributed by atoms with E-state index in [1.54, 1.807) is 0 Å². The molecule has 0 heterocycles. The molecule has 1 heteroatoms. The van der Waals surface area contributed by atoms with Crippen LogP contribution >= 0.6 is 0 Å². The third-order valence-corrected chi connectivity index (χ3v) is 2.68. The minimum absolute atomic E-state index is 0.340. The minimum atomic E-state index is 0.340. The van der Waals surface area contributed by atoms with E-state index in [0.717, 1.165) is 5.56 Å². The van der Waals surface area contributed by atoms with Gasteiger partial charge in [-0.05, 0) is 23.0 Å².